The molecule has 3 unspecified atom stereocenters. The second kappa shape index (κ2) is 9.72. The van der Waals surface area contributed by atoms with Crippen LogP contribution in [-0.2, 0) is 14.3 Å². The summed E-state index contributed by atoms with van der Waals surface area (Å²) in [5.41, 5.74) is 4.62. The van der Waals surface area contributed by atoms with Gasteiger partial charge in [-0.3, -0.25) is 9.59 Å². The van der Waals surface area contributed by atoms with Gasteiger partial charge < -0.3 is 20.1 Å². The van der Waals surface area contributed by atoms with Crippen molar-refractivity contribution in [2.24, 2.45) is 17.8 Å². The number of nitrogens with one attached hydrogen (secondary N) is 1. The van der Waals surface area contributed by atoms with E-state index < -0.39 is 18.1 Å². The maximum Gasteiger partial charge on any atom is 0.407 e. The summed E-state index contributed by atoms with van der Waals surface area (Å²) in [5.74, 6) is -0.857. The second-order valence-electron chi connectivity index (χ2n) is 10.2. The number of hydrogen-bond donors (Lipinski definition) is 2. The van der Waals surface area contributed by atoms with Crippen molar-refractivity contribution in [3.05, 3.63) is 59.7 Å². The summed E-state index contributed by atoms with van der Waals surface area (Å²) in [6, 6.07) is 15.7. The molecule has 35 heavy (non-hydrogen) atoms. The molecule has 0 radical (unpaired) electrons. The molecule has 2 fully saturated rings. The van der Waals surface area contributed by atoms with Gasteiger partial charge in [0.2, 0.25) is 5.91 Å². The molecule has 2 aliphatic carbocycles. The van der Waals surface area contributed by atoms with E-state index in [2.05, 4.69) is 29.6 Å². The van der Waals surface area contributed by atoms with Crippen LogP contribution in [0.2, 0.25) is 0 Å². The first-order valence-electron chi connectivity index (χ1n) is 12.5. The molecule has 3 aliphatic rings. The Morgan fingerprint density at radius 2 is 1.66 bits per heavy atom. The van der Waals surface area contributed by atoms with Gasteiger partial charge in [-0.05, 0) is 52.8 Å². The van der Waals surface area contributed by atoms with E-state index in [1.807, 2.05) is 31.2 Å². The molecule has 5 rings (SSSR count). The SMILES string of the molecule is CC1CN(C(=O)C(NC(=O)OCC2c3ccccc3-c3ccccc32)C2CCC2)CC1CC(=O)O. The number of likely N-dealkylation sites (tertiary alicyclic amines) is 1. The Morgan fingerprint density at radius 3 is 2.23 bits per heavy atom. The lowest BCUT2D eigenvalue weighted by Gasteiger charge is -2.35. The second-order valence-corrected chi connectivity index (χ2v) is 10.2. The highest BCUT2D eigenvalue weighted by atomic mass is 16.5. The fourth-order valence-electron chi connectivity index (χ4n) is 5.82. The van der Waals surface area contributed by atoms with E-state index >= 15 is 0 Å². The summed E-state index contributed by atoms with van der Waals surface area (Å²) in [6.07, 6.45) is 2.30. The molecule has 7 heteroatoms. The van der Waals surface area contributed by atoms with Crippen LogP contribution in [-0.4, -0.2) is 53.7 Å². The highest BCUT2D eigenvalue weighted by Gasteiger charge is 2.41. The maximum atomic E-state index is 13.4. The van der Waals surface area contributed by atoms with Crippen molar-refractivity contribution in [2.75, 3.05) is 19.7 Å². The number of rotatable bonds is 7. The molecule has 3 atom stereocenters. The average molecular weight is 477 g/mol. The Kier molecular flexibility index (Phi) is 6.50. The molecule has 1 aliphatic heterocycles. The van der Waals surface area contributed by atoms with Crippen molar-refractivity contribution in [1.82, 2.24) is 10.2 Å². The number of nitrogens with zero attached hydrogens (tertiary/aromatic N) is 1. The topological polar surface area (TPSA) is 95.9 Å². The smallest absolute Gasteiger partial charge is 0.407 e. The molecule has 0 spiro atoms. The van der Waals surface area contributed by atoms with Crippen molar-refractivity contribution >= 4 is 18.0 Å². The average Bonchev–Trinajstić information content (AvgIpc) is 3.33. The van der Waals surface area contributed by atoms with E-state index in [4.69, 9.17) is 4.74 Å². The van der Waals surface area contributed by atoms with Crippen LogP contribution in [0.4, 0.5) is 4.79 Å². The van der Waals surface area contributed by atoms with Crippen LogP contribution >= 0.6 is 0 Å². The first-order chi connectivity index (χ1) is 16.9. The van der Waals surface area contributed by atoms with Gasteiger partial charge in [-0.15, -0.1) is 0 Å². The molecule has 1 heterocycles. The largest absolute Gasteiger partial charge is 0.481 e. The van der Waals surface area contributed by atoms with Crippen molar-refractivity contribution in [1.29, 1.82) is 0 Å². The van der Waals surface area contributed by atoms with Gasteiger partial charge in [0.05, 0.1) is 6.42 Å². The van der Waals surface area contributed by atoms with Gasteiger partial charge in [0.25, 0.3) is 0 Å². The van der Waals surface area contributed by atoms with E-state index in [9.17, 15) is 19.5 Å². The van der Waals surface area contributed by atoms with Gasteiger partial charge >= 0.3 is 12.1 Å². The third-order valence-corrected chi connectivity index (χ3v) is 8.02. The fraction of sp³-hybridized carbons (Fsp3) is 0.464. The minimum Gasteiger partial charge on any atom is -0.481 e. The Balaban J connectivity index is 1.24. The van der Waals surface area contributed by atoms with Crippen LogP contribution in [0.1, 0.15) is 49.7 Å². The normalized spacial score (nSPS) is 22.1. The van der Waals surface area contributed by atoms with Crippen LogP contribution in [0.15, 0.2) is 48.5 Å². The Hall–Kier alpha value is -3.35. The zero-order valence-corrected chi connectivity index (χ0v) is 20.0. The summed E-state index contributed by atoms with van der Waals surface area (Å²) in [5, 5.41) is 12.0. The molecule has 7 nitrogen and oxygen atoms in total. The number of aliphatic carboxylic acids is 1. The third-order valence-electron chi connectivity index (χ3n) is 8.02. The van der Waals surface area contributed by atoms with Crippen LogP contribution in [0.25, 0.3) is 11.1 Å². The van der Waals surface area contributed by atoms with E-state index in [0.717, 1.165) is 30.4 Å². The highest BCUT2D eigenvalue weighted by molar-refractivity contribution is 5.86. The predicted octanol–water partition coefficient (Wildman–Crippen LogP) is 4.26. The lowest BCUT2D eigenvalue weighted by molar-refractivity contribution is -0.139. The number of fused-ring (bicyclic) bond motifs is 3. The number of carbonyl (C=O) groups is 3. The van der Waals surface area contributed by atoms with Crippen LogP contribution < -0.4 is 5.32 Å². The summed E-state index contributed by atoms with van der Waals surface area (Å²) < 4.78 is 5.70. The highest BCUT2D eigenvalue weighted by Crippen LogP contribution is 2.44. The summed E-state index contributed by atoms with van der Waals surface area (Å²) in [4.78, 5) is 39.2. The van der Waals surface area contributed by atoms with Gasteiger partial charge in [-0.25, -0.2) is 4.79 Å². The molecular formula is C28H32N2O5. The lowest BCUT2D eigenvalue weighted by Crippen LogP contribution is -2.53. The van der Waals surface area contributed by atoms with E-state index in [-0.39, 0.29) is 42.6 Å². The molecule has 184 valence electrons. The summed E-state index contributed by atoms with van der Waals surface area (Å²) in [7, 11) is 0. The number of carbonyl (C=O) groups excluding carboxylic acids is 2. The first kappa shape index (κ1) is 23.4. The standard InChI is InChI=1S/C28H32N2O5/c1-17-14-30(15-19(17)13-25(31)32)27(33)26(18-7-6-8-18)29-28(34)35-16-24-22-11-4-2-9-20(22)21-10-3-5-12-23(21)24/h2-5,9-12,17-19,24,26H,6-8,13-16H2,1H3,(H,29,34)(H,31,32). The number of hydrogen-bond acceptors (Lipinski definition) is 4. The molecule has 0 aromatic heterocycles. The van der Waals surface area contributed by atoms with Crippen molar-refractivity contribution in [3.63, 3.8) is 0 Å². The lowest BCUT2D eigenvalue weighted by atomic mass is 9.79. The Labute approximate surface area is 205 Å². The van der Waals surface area contributed by atoms with Gasteiger partial charge in [0, 0.05) is 19.0 Å². The van der Waals surface area contributed by atoms with Gasteiger partial charge in [-0.1, -0.05) is 61.9 Å². The summed E-state index contributed by atoms with van der Waals surface area (Å²) in [6.45, 7) is 3.12. The number of benzene rings is 2. The van der Waals surface area contributed by atoms with Crippen molar-refractivity contribution < 1.29 is 24.2 Å². The Bertz CT molecular complexity index is 1080. The maximum absolute atomic E-state index is 13.4. The molecule has 1 saturated heterocycles. The number of ether oxygens (including phenoxy) is 1. The zero-order chi connectivity index (χ0) is 24.5. The quantitative estimate of drug-likeness (QED) is 0.622. The molecule has 2 N–H and O–H groups in total. The van der Waals surface area contributed by atoms with Crippen molar-refractivity contribution in [3.8, 4) is 11.1 Å². The van der Waals surface area contributed by atoms with E-state index in [1.54, 1.807) is 4.90 Å². The van der Waals surface area contributed by atoms with Gasteiger partial charge in [0.15, 0.2) is 0 Å². The van der Waals surface area contributed by atoms with Crippen LogP contribution in [0.3, 0.4) is 0 Å². The minimum absolute atomic E-state index is 0.0396. The number of carboxylic acid groups (broad SMARTS) is 1. The van der Waals surface area contributed by atoms with Crippen molar-refractivity contribution in [2.45, 2.75) is 44.6 Å². The zero-order valence-electron chi connectivity index (χ0n) is 20.0. The van der Waals surface area contributed by atoms with Gasteiger partial charge in [-0.2, -0.15) is 0 Å². The molecule has 2 amide bonds. The number of alkyl carbamates (subject to hydrolysis) is 1. The molecular weight excluding hydrogens is 444 g/mol. The van der Waals surface area contributed by atoms with E-state index in [1.165, 1.54) is 11.1 Å². The molecule has 2 aromatic rings. The van der Waals surface area contributed by atoms with Crippen LogP contribution in [0.5, 0.6) is 0 Å². The van der Waals surface area contributed by atoms with Crippen LogP contribution in [0, 0.1) is 17.8 Å². The summed E-state index contributed by atoms with van der Waals surface area (Å²) >= 11 is 0. The van der Waals surface area contributed by atoms with E-state index in [0.29, 0.717) is 13.1 Å². The predicted molar refractivity (Wildman–Crippen MR) is 131 cm³/mol. The first-order valence-corrected chi connectivity index (χ1v) is 12.5. The fourth-order valence-corrected chi connectivity index (χ4v) is 5.82. The van der Waals surface area contributed by atoms with Gasteiger partial charge in [0.1, 0.15) is 12.6 Å². The number of carboxylic acids is 1. The monoisotopic (exact) mass is 476 g/mol. The minimum atomic E-state index is -0.844. The third kappa shape index (κ3) is 4.64. The Morgan fingerprint density at radius 1 is 1.03 bits per heavy atom. The molecule has 2 aromatic carbocycles. The number of amides is 2. The molecule has 1 saturated carbocycles. The molecule has 0 bridgehead atoms.